The maximum absolute atomic E-state index is 13.7. The van der Waals surface area contributed by atoms with E-state index < -0.39 is 17.8 Å². The Morgan fingerprint density at radius 2 is 1.27 bits per heavy atom. The lowest BCUT2D eigenvalue weighted by molar-refractivity contribution is -0.121. The van der Waals surface area contributed by atoms with Gasteiger partial charge in [0.05, 0.1) is 11.4 Å². The molecule has 4 aromatic rings. The molecule has 1 aliphatic heterocycles. The molecule has 3 aromatic carbocycles. The van der Waals surface area contributed by atoms with Crippen LogP contribution in [-0.2, 0) is 9.59 Å². The number of aryl methyl sites for hydroxylation is 2. The zero-order valence-electron chi connectivity index (χ0n) is 20.6. The van der Waals surface area contributed by atoms with E-state index >= 15 is 0 Å². The van der Waals surface area contributed by atoms with Gasteiger partial charge in [-0.15, -0.1) is 0 Å². The quantitative estimate of drug-likeness (QED) is 0.151. The number of hydrogen-bond donors (Lipinski definition) is 0. The van der Waals surface area contributed by atoms with Gasteiger partial charge in [0.2, 0.25) is 0 Å². The summed E-state index contributed by atoms with van der Waals surface area (Å²) in [4.78, 5) is 43.1. The first kappa shape index (κ1) is 24.7. The zero-order valence-corrected chi connectivity index (χ0v) is 22.8. The lowest BCUT2D eigenvalue weighted by Crippen LogP contribution is -2.57. The monoisotopic (exact) mass is 601 g/mol. The van der Waals surface area contributed by atoms with Crippen LogP contribution < -0.4 is 9.80 Å². The Kier molecular flexibility index (Phi) is 6.55. The van der Waals surface area contributed by atoms with Gasteiger partial charge in [0.1, 0.15) is 5.57 Å². The number of amides is 4. The van der Waals surface area contributed by atoms with Crippen LogP contribution in [0.5, 0.6) is 0 Å². The number of barbiturate groups is 1. The van der Waals surface area contributed by atoms with E-state index in [9.17, 15) is 14.4 Å². The first-order valence-corrected chi connectivity index (χ1v) is 12.9. The van der Waals surface area contributed by atoms with Gasteiger partial charge in [-0.05, 0) is 104 Å². The molecule has 1 aromatic heterocycles. The van der Waals surface area contributed by atoms with E-state index in [1.807, 2.05) is 63.2 Å². The van der Waals surface area contributed by atoms with Crippen LogP contribution in [0.25, 0.3) is 11.8 Å². The predicted molar refractivity (Wildman–Crippen MR) is 154 cm³/mol. The van der Waals surface area contributed by atoms with Gasteiger partial charge in [0, 0.05) is 20.6 Å². The van der Waals surface area contributed by atoms with Crippen molar-refractivity contribution in [2.24, 2.45) is 0 Å². The summed E-state index contributed by atoms with van der Waals surface area (Å²) >= 11 is 2.27. The summed E-state index contributed by atoms with van der Waals surface area (Å²) in [5, 5.41) is 0. The van der Waals surface area contributed by atoms with Crippen LogP contribution in [0.1, 0.15) is 22.5 Å². The van der Waals surface area contributed by atoms with Gasteiger partial charge in [-0.25, -0.2) is 14.6 Å². The number of nitrogens with zero attached hydrogens (tertiary/aromatic N) is 3. The number of halogens is 1. The Morgan fingerprint density at radius 3 is 1.89 bits per heavy atom. The number of imide groups is 2. The number of rotatable bonds is 4. The molecule has 0 unspecified atom stereocenters. The van der Waals surface area contributed by atoms with Crippen molar-refractivity contribution < 1.29 is 14.4 Å². The molecule has 7 heteroatoms. The van der Waals surface area contributed by atoms with Crippen molar-refractivity contribution in [2.75, 3.05) is 9.80 Å². The van der Waals surface area contributed by atoms with Gasteiger partial charge >= 0.3 is 6.03 Å². The third-order valence-corrected chi connectivity index (χ3v) is 7.06. The molecule has 0 atom stereocenters. The third kappa shape index (κ3) is 4.51. The van der Waals surface area contributed by atoms with Crippen molar-refractivity contribution in [3.8, 4) is 5.69 Å². The number of hydrogen-bond acceptors (Lipinski definition) is 3. The summed E-state index contributed by atoms with van der Waals surface area (Å²) in [5.74, 6) is -1.30. The van der Waals surface area contributed by atoms with Gasteiger partial charge in [-0.2, -0.15) is 0 Å². The molecule has 37 heavy (non-hydrogen) atoms. The Bertz CT molecular complexity index is 1570. The van der Waals surface area contributed by atoms with Crippen LogP contribution in [-0.4, -0.2) is 22.4 Å². The SMILES string of the molecule is Cc1ccc(N2C(=O)/C(=C/c3cc(C)n(-c4cccc(I)c4)c3C)C(=O)N(c3ccccc3)C2=O)cc1. The molecular weight excluding hydrogens is 577 g/mol. The van der Waals surface area contributed by atoms with Crippen molar-refractivity contribution in [1.29, 1.82) is 0 Å². The minimum absolute atomic E-state index is 0.0769. The standard InChI is InChI=1S/C30H24IN3O3/c1-19-12-14-25(15-13-19)34-29(36)27(28(35)33(30(34)37)24-9-5-4-6-10-24)17-22-16-20(2)32(21(22)3)26-11-7-8-23(31)18-26/h4-18H,1-3H3/b27-17+. The molecule has 1 fully saturated rings. The van der Waals surface area contributed by atoms with E-state index in [2.05, 4.69) is 33.2 Å². The highest BCUT2D eigenvalue weighted by atomic mass is 127. The number of aromatic nitrogens is 1. The number of benzene rings is 3. The van der Waals surface area contributed by atoms with Gasteiger partial charge in [-0.3, -0.25) is 9.59 Å². The molecule has 4 amide bonds. The summed E-state index contributed by atoms with van der Waals surface area (Å²) in [5.41, 5.74) is 5.31. The van der Waals surface area contributed by atoms with Gasteiger partial charge in [0.15, 0.2) is 0 Å². The van der Waals surface area contributed by atoms with Crippen molar-refractivity contribution in [3.05, 3.63) is 117 Å². The first-order valence-electron chi connectivity index (χ1n) is 11.8. The fourth-order valence-electron chi connectivity index (χ4n) is 4.56. The largest absolute Gasteiger partial charge is 0.343 e. The molecular formula is C30H24IN3O3. The Hall–Kier alpha value is -3.98. The van der Waals surface area contributed by atoms with E-state index in [1.165, 1.54) is 0 Å². The highest BCUT2D eigenvalue weighted by Gasteiger charge is 2.43. The average molecular weight is 601 g/mol. The second-order valence-electron chi connectivity index (χ2n) is 8.93. The third-order valence-electron chi connectivity index (χ3n) is 6.39. The Labute approximate surface area is 229 Å². The summed E-state index contributed by atoms with van der Waals surface area (Å²) in [6, 6.07) is 25.1. The fourth-order valence-corrected chi connectivity index (χ4v) is 5.08. The number of urea groups is 1. The van der Waals surface area contributed by atoms with E-state index in [1.54, 1.807) is 42.5 Å². The maximum Gasteiger partial charge on any atom is 0.343 e. The topological polar surface area (TPSA) is 62.6 Å². The van der Waals surface area contributed by atoms with E-state index in [0.29, 0.717) is 11.4 Å². The Morgan fingerprint density at radius 1 is 0.676 bits per heavy atom. The Balaban J connectivity index is 1.66. The number of carbonyl (C=O) groups is 3. The minimum atomic E-state index is -0.702. The van der Waals surface area contributed by atoms with Crippen LogP contribution in [0.3, 0.4) is 0 Å². The smallest absolute Gasteiger partial charge is 0.318 e. The maximum atomic E-state index is 13.7. The molecule has 0 aliphatic carbocycles. The first-order chi connectivity index (χ1) is 17.8. The highest BCUT2D eigenvalue weighted by molar-refractivity contribution is 14.1. The molecule has 6 nitrogen and oxygen atoms in total. The van der Waals surface area contributed by atoms with E-state index in [0.717, 1.165) is 41.6 Å². The predicted octanol–water partition coefficient (Wildman–Crippen LogP) is 6.59. The van der Waals surface area contributed by atoms with Crippen LogP contribution in [0.2, 0.25) is 0 Å². The summed E-state index contributed by atoms with van der Waals surface area (Å²) < 4.78 is 3.19. The normalized spacial score (nSPS) is 15.1. The van der Waals surface area contributed by atoms with Crippen molar-refractivity contribution >= 4 is 57.9 Å². The van der Waals surface area contributed by atoms with Crippen LogP contribution in [0.15, 0.2) is 90.5 Å². The van der Waals surface area contributed by atoms with Crippen LogP contribution in [0.4, 0.5) is 16.2 Å². The van der Waals surface area contributed by atoms with Gasteiger partial charge in [0.25, 0.3) is 11.8 Å². The van der Waals surface area contributed by atoms with Crippen LogP contribution >= 0.6 is 22.6 Å². The molecule has 0 saturated carbocycles. The summed E-state index contributed by atoms with van der Waals surface area (Å²) in [6.45, 7) is 5.87. The molecule has 5 rings (SSSR count). The second-order valence-corrected chi connectivity index (χ2v) is 10.2. The molecule has 0 bridgehead atoms. The van der Waals surface area contributed by atoms with Crippen molar-refractivity contribution in [3.63, 3.8) is 0 Å². The lowest BCUT2D eigenvalue weighted by Gasteiger charge is -2.34. The molecule has 0 radical (unpaired) electrons. The van der Waals surface area contributed by atoms with Crippen molar-refractivity contribution in [2.45, 2.75) is 20.8 Å². The fraction of sp³-hybridized carbons (Fsp3) is 0.100. The van der Waals surface area contributed by atoms with E-state index in [4.69, 9.17) is 0 Å². The zero-order chi connectivity index (χ0) is 26.3. The van der Waals surface area contributed by atoms with E-state index in [-0.39, 0.29) is 5.57 Å². The van der Waals surface area contributed by atoms with Gasteiger partial charge < -0.3 is 4.57 Å². The molecule has 0 N–H and O–H groups in total. The molecule has 2 heterocycles. The number of carbonyl (C=O) groups excluding carboxylic acids is 3. The minimum Gasteiger partial charge on any atom is -0.318 e. The molecule has 1 saturated heterocycles. The molecule has 1 aliphatic rings. The average Bonchev–Trinajstić information content (AvgIpc) is 3.16. The molecule has 0 spiro atoms. The highest BCUT2D eigenvalue weighted by Crippen LogP contribution is 2.31. The van der Waals surface area contributed by atoms with Crippen LogP contribution in [0, 0.1) is 24.3 Å². The summed E-state index contributed by atoms with van der Waals surface area (Å²) in [6.07, 6.45) is 1.60. The number of para-hydroxylation sites is 1. The van der Waals surface area contributed by atoms with Crippen molar-refractivity contribution in [1.82, 2.24) is 4.57 Å². The second kappa shape index (κ2) is 9.82. The number of anilines is 2. The lowest BCUT2D eigenvalue weighted by atomic mass is 10.0. The summed E-state index contributed by atoms with van der Waals surface area (Å²) in [7, 11) is 0. The van der Waals surface area contributed by atoms with Gasteiger partial charge in [-0.1, -0.05) is 42.0 Å². The molecule has 184 valence electrons.